The second-order valence-corrected chi connectivity index (χ2v) is 10.7. The average Bonchev–Trinajstić information content (AvgIpc) is 3.52. The zero-order chi connectivity index (χ0) is 25.9. The topological polar surface area (TPSA) is 43.9 Å². The Bertz CT molecular complexity index is 1940. The van der Waals surface area contributed by atoms with E-state index in [4.69, 9.17) is 14.4 Å². The van der Waals surface area contributed by atoms with Gasteiger partial charge in [-0.05, 0) is 41.5 Å². The van der Waals surface area contributed by atoms with E-state index in [9.17, 15) is 0 Å². The monoisotopic (exact) mass is 493 g/mol. The molecule has 0 fully saturated rings. The zero-order valence-corrected chi connectivity index (χ0v) is 21.6. The number of imidazole rings is 1. The molecule has 0 saturated heterocycles. The van der Waals surface area contributed by atoms with E-state index in [1.807, 2.05) is 30.5 Å². The lowest BCUT2D eigenvalue weighted by Gasteiger charge is -2.20. The van der Waals surface area contributed by atoms with Crippen LogP contribution in [0.15, 0.2) is 114 Å². The van der Waals surface area contributed by atoms with E-state index < -0.39 is 0 Å². The molecule has 0 aliphatic rings. The second kappa shape index (κ2) is 8.42. The first kappa shape index (κ1) is 22.5. The highest BCUT2D eigenvalue weighted by Crippen LogP contribution is 2.39. The van der Waals surface area contributed by atoms with Gasteiger partial charge in [0.05, 0.1) is 22.3 Å². The summed E-state index contributed by atoms with van der Waals surface area (Å²) in [6.45, 7) is 6.60. The van der Waals surface area contributed by atoms with Gasteiger partial charge in [0.25, 0.3) is 0 Å². The van der Waals surface area contributed by atoms with Crippen molar-refractivity contribution in [3.05, 3.63) is 115 Å². The highest BCUT2D eigenvalue weighted by Gasteiger charge is 2.26. The Morgan fingerprint density at radius 3 is 2.18 bits per heavy atom. The van der Waals surface area contributed by atoms with Gasteiger partial charge in [-0.2, -0.15) is 0 Å². The van der Waals surface area contributed by atoms with Crippen molar-refractivity contribution in [1.29, 1.82) is 0 Å². The van der Waals surface area contributed by atoms with Gasteiger partial charge in [0.15, 0.2) is 0 Å². The van der Waals surface area contributed by atoms with Crippen LogP contribution in [0.1, 0.15) is 26.5 Å². The molecule has 0 radical (unpaired) electrons. The third-order valence-corrected chi connectivity index (χ3v) is 7.15. The van der Waals surface area contributed by atoms with Gasteiger partial charge in [-0.25, -0.2) is 4.98 Å². The summed E-state index contributed by atoms with van der Waals surface area (Å²) in [5.74, 6) is 0.843. The quantitative estimate of drug-likeness (QED) is 0.247. The van der Waals surface area contributed by atoms with Crippen LogP contribution in [0.3, 0.4) is 0 Å². The van der Waals surface area contributed by atoms with Gasteiger partial charge in [-0.3, -0.25) is 9.55 Å². The molecule has 0 N–H and O–H groups in total. The number of rotatable bonds is 3. The molecular weight excluding hydrogens is 466 g/mol. The predicted molar refractivity (Wildman–Crippen MR) is 156 cm³/mol. The molecule has 38 heavy (non-hydrogen) atoms. The van der Waals surface area contributed by atoms with Crippen LogP contribution in [-0.2, 0) is 5.41 Å². The van der Waals surface area contributed by atoms with Crippen molar-refractivity contribution in [1.82, 2.24) is 14.5 Å². The Hall–Kier alpha value is -4.70. The minimum Gasteiger partial charge on any atom is -0.455 e. The molecule has 4 heteroatoms. The molecule has 0 spiro atoms. The van der Waals surface area contributed by atoms with Crippen LogP contribution in [0.5, 0.6) is 0 Å². The van der Waals surface area contributed by atoms with E-state index in [2.05, 4.69) is 104 Å². The Morgan fingerprint density at radius 2 is 1.39 bits per heavy atom. The molecule has 7 aromatic rings. The van der Waals surface area contributed by atoms with Gasteiger partial charge in [-0.15, -0.1) is 0 Å². The molecule has 0 amide bonds. The van der Waals surface area contributed by atoms with Crippen LogP contribution in [0.4, 0.5) is 0 Å². The fraction of sp³-hybridized carbons (Fsp3) is 0.118. The number of nitrogens with zero attached hydrogens (tertiary/aromatic N) is 3. The lowest BCUT2D eigenvalue weighted by Crippen LogP contribution is -2.15. The Morgan fingerprint density at radius 1 is 0.684 bits per heavy atom. The Balaban J connectivity index is 1.53. The summed E-state index contributed by atoms with van der Waals surface area (Å²) in [5.41, 5.74) is 8.87. The fourth-order valence-electron chi connectivity index (χ4n) is 5.36. The second-order valence-electron chi connectivity index (χ2n) is 10.7. The van der Waals surface area contributed by atoms with E-state index in [0.717, 1.165) is 55.7 Å². The molecule has 0 saturated carbocycles. The van der Waals surface area contributed by atoms with Gasteiger partial charge in [0.2, 0.25) is 0 Å². The van der Waals surface area contributed by atoms with Gasteiger partial charge in [0.1, 0.15) is 17.0 Å². The van der Waals surface area contributed by atoms with Crippen molar-refractivity contribution >= 4 is 33.0 Å². The number of pyridine rings is 1. The largest absolute Gasteiger partial charge is 0.455 e. The minimum atomic E-state index is -0.163. The van der Waals surface area contributed by atoms with E-state index in [1.165, 1.54) is 11.1 Å². The number of para-hydroxylation sites is 2. The first-order valence-electron chi connectivity index (χ1n) is 12.9. The molecule has 184 valence electrons. The van der Waals surface area contributed by atoms with Crippen molar-refractivity contribution in [2.24, 2.45) is 0 Å². The summed E-state index contributed by atoms with van der Waals surface area (Å²) in [6.07, 6.45) is 1.87. The van der Waals surface area contributed by atoms with Crippen LogP contribution in [-0.4, -0.2) is 14.5 Å². The maximum atomic E-state index is 6.43. The standard InChI is InChI=1S/C34H27N3O/c1-34(2,3)32-30-28(20-21-35-32)36-33(27-14-9-13-26-25-12-7-8-15-29(25)38-31(26)27)37(30)24-18-16-23(17-19-24)22-10-5-4-6-11-22/h4-21H,1-3H3. The number of fused-ring (bicyclic) bond motifs is 4. The first-order valence-corrected chi connectivity index (χ1v) is 12.9. The molecule has 0 aliphatic carbocycles. The van der Waals surface area contributed by atoms with Crippen molar-refractivity contribution < 1.29 is 4.42 Å². The molecule has 0 unspecified atom stereocenters. The van der Waals surface area contributed by atoms with E-state index in [1.54, 1.807) is 0 Å². The maximum absolute atomic E-state index is 6.43. The maximum Gasteiger partial charge on any atom is 0.149 e. The van der Waals surface area contributed by atoms with E-state index in [0.29, 0.717) is 0 Å². The highest BCUT2D eigenvalue weighted by molar-refractivity contribution is 6.09. The molecule has 7 rings (SSSR count). The van der Waals surface area contributed by atoms with Gasteiger partial charge in [0, 0.05) is 28.1 Å². The summed E-state index contributed by atoms with van der Waals surface area (Å²) in [5, 5.41) is 2.20. The first-order chi connectivity index (χ1) is 18.5. The molecule has 3 aromatic heterocycles. The molecule has 0 aliphatic heterocycles. The predicted octanol–water partition coefficient (Wildman–Crippen LogP) is 8.95. The third kappa shape index (κ3) is 3.52. The van der Waals surface area contributed by atoms with Crippen LogP contribution < -0.4 is 0 Å². The van der Waals surface area contributed by atoms with Crippen LogP contribution >= 0.6 is 0 Å². The number of furan rings is 1. The number of hydrogen-bond acceptors (Lipinski definition) is 3. The van der Waals surface area contributed by atoms with Gasteiger partial charge >= 0.3 is 0 Å². The molecule has 3 heterocycles. The molecular formula is C34H27N3O. The lowest BCUT2D eigenvalue weighted by molar-refractivity contribution is 0.573. The van der Waals surface area contributed by atoms with Crippen molar-refractivity contribution in [3.63, 3.8) is 0 Å². The SMILES string of the molecule is CC(C)(C)c1nccc2nc(-c3cccc4c3oc3ccccc34)n(-c3ccc(-c4ccccc4)cc3)c12. The molecule has 4 nitrogen and oxygen atoms in total. The smallest absolute Gasteiger partial charge is 0.149 e. The summed E-state index contributed by atoms with van der Waals surface area (Å²) >= 11 is 0. The van der Waals surface area contributed by atoms with Crippen LogP contribution in [0.2, 0.25) is 0 Å². The molecule has 4 aromatic carbocycles. The van der Waals surface area contributed by atoms with Gasteiger partial charge in [-0.1, -0.05) is 93.6 Å². The van der Waals surface area contributed by atoms with E-state index >= 15 is 0 Å². The number of aromatic nitrogens is 3. The fourth-order valence-corrected chi connectivity index (χ4v) is 5.36. The number of benzene rings is 4. The summed E-state index contributed by atoms with van der Waals surface area (Å²) < 4.78 is 8.68. The summed E-state index contributed by atoms with van der Waals surface area (Å²) in [6, 6.07) is 35.6. The van der Waals surface area contributed by atoms with E-state index in [-0.39, 0.29) is 5.41 Å². The van der Waals surface area contributed by atoms with Gasteiger partial charge < -0.3 is 4.42 Å². The third-order valence-electron chi connectivity index (χ3n) is 7.15. The minimum absolute atomic E-state index is 0.163. The van der Waals surface area contributed by atoms with Crippen LogP contribution in [0, 0.1) is 0 Å². The summed E-state index contributed by atoms with van der Waals surface area (Å²) in [7, 11) is 0. The summed E-state index contributed by atoms with van der Waals surface area (Å²) in [4.78, 5) is 10.0. The lowest BCUT2D eigenvalue weighted by atomic mass is 9.90. The van der Waals surface area contributed by atoms with Crippen LogP contribution in [0.25, 0.3) is 61.2 Å². The zero-order valence-electron chi connectivity index (χ0n) is 21.6. The molecule has 0 bridgehead atoms. The van der Waals surface area contributed by atoms with Crippen molar-refractivity contribution in [3.8, 4) is 28.2 Å². The average molecular weight is 494 g/mol. The van der Waals surface area contributed by atoms with Crippen molar-refractivity contribution in [2.45, 2.75) is 26.2 Å². The normalized spacial score (nSPS) is 12.1. The van der Waals surface area contributed by atoms with Crippen molar-refractivity contribution in [2.75, 3.05) is 0 Å². The Kier molecular flexibility index (Phi) is 4.98. The number of hydrogen-bond donors (Lipinski definition) is 0. The highest BCUT2D eigenvalue weighted by atomic mass is 16.3. The molecule has 0 atom stereocenters. The Labute approximate surface area is 221 Å².